The van der Waals surface area contributed by atoms with Gasteiger partial charge < -0.3 is 5.32 Å². The van der Waals surface area contributed by atoms with E-state index in [1.807, 2.05) is 12.1 Å². The lowest BCUT2D eigenvalue weighted by molar-refractivity contribution is 0.103. The number of nitrogens with one attached hydrogen (secondary N) is 1. The van der Waals surface area contributed by atoms with Gasteiger partial charge in [0.2, 0.25) is 10.0 Å². The van der Waals surface area contributed by atoms with Crippen LogP contribution >= 0.6 is 27.3 Å². The van der Waals surface area contributed by atoms with Crippen LogP contribution in [0.1, 0.15) is 28.9 Å². The number of sulfonamides is 1. The number of rotatable bonds is 4. The van der Waals surface area contributed by atoms with Crippen molar-refractivity contribution in [2.24, 2.45) is 0 Å². The highest BCUT2D eigenvalue weighted by Crippen LogP contribution is 2.26. The van der Waals surface area contributed by atoms with Crippen molar-refractivity contribution in [3.63, 3.8) is 0 Å². The molecule has 0 bridgehead atoms. The summed E-state index contributed by atoms with van der Waals surface area (Å²) in [4.78, 5) is 12.9. The predicted octanol–water partition coefficient (Wildman–Crippen LogP) is 3.94. The average molecular weight is 429 g/mol. The first-order chi connectivity index (χ1) is 11.5. The van der Waals surface area contributed by atoms with Gasteiger partial charge in [0, 0.05) is 28.6 Å². The molecule has 1 fully saturated rings. The van der Waals surface area contributed by atoms with Gasteiger partial charge in [-0.1, -0.05) is 28.4 Å². The zero-order chi connectivity index (χ0) is 17.2. The van der Waals surface area contributed by atoms with Gasteiger partial charge in [-0.3, -0.25) is 4.79 Å². The van der Waals surface area contributed by atoms with Gasteiger partial charge in [0.15, 0.2) is 0 Å². The Morgan fingerprint density at radius 3 is 2.62 bits per heavy atom. The molecule has 1 saturated heterocycles. The molecule has 2 aromatic rings. The van der Waals surface area contributed by atoms with E-state index in [1.165, 1.54) is 10.4 Å². The van der Waals surface area contributed by atoms with Crippen LogP contribution in [0.25, 0.3) is 0 Å². The Morgan fingerprint density at radius 1 is 1.17 bits per heavy atom. The highest BCUT2D eigenvalue weighted by atomic mass is 79.9. The first-order valence-corrected chi connectivity index (χ1v) is 10.7. The maximum absolute atomic E-state index is 12.6. The van der Waals surface area contributed by atoms with Gasteiger partial charge in [0.1, 0.15) is 0 Å². The summed E-state index contributed by atoms with van der Waals surface area (Å²) in [5, 5.41) is 4.32. The number of thiophene rings is 1. The van der Waals surface area contributed by atoms with Crippen LogP contribution in [-0.2, 0) is 10.0 Å². The van der Waals surface area contributed by atoms with Gasteiger partial charge in [-0.25, -0.2) is 8.42 Å². The second-order valence-corrected chi connectivity index (χ2v) is 9.34. The van der Waals surface area contributed by atoms with Gasteiger partial charge in [-0.15, -0.1) is 11.3 Å². The van der Waals surface area contributed by atoms with Crippen LogP contribution in [0.4, 0.5) is 5.69 Å². The molecule has 24 heavy (non-hydrogen) atoms. The number of amides is 1. The molecule has 1 aliphatic heterocycles. The van der Waals surface area contributed by atoms with E-state index in [0.717, 1.165) is 35.1 Å². The fourth-order valence-electron chi connectivity index (χ4n) is 2.59. The summed E-state index contributed by atoms with van der Waals surface area (Å²) in [6.07, 6.45) is 2.84. The number of anilines is 1. The topological polar surface area (TPSA) is 66.5 Å². The lowest BCUT2D eigenvalue weighted by Crippen LogP contribution is -2.35. The van der Waals surface area contributed by atoms with Crippen LogP contribution in [0.2, 0.25) is 0 Å². The van der Waals surface area contributed by atoms with Crippen molar-refractivity contribution in [1.82, 2.24) is 4.31 Å². The van der Waals surface area contributed by atoms with Crippen LogP contribution in [0.15, 0.2) is 45.1 Å². The van der Waals surface area contributed by atoms with Crippen LogP contribution in [0.3, 0.4) is 0 Å². The molecule has 0 aliphatic carbocycles. The predicted molar refractivity (Wildman–Crippen MR) is 99.0 cm³/mol. The highest BCUT2D eigenvalue weighted by molar-refractivity contribution is 9.10. The largest absolute Gasteiger partial charge is 0.321 e. The summed E-state index contributed by atoms with van der Waals surface area (Å²) in [7, 11) is -3.50. The van der Waals surface area contributed by atoms with E-state index in [2.05, 4.69) is 21.2 Å². The first kappa shape index (κ1) is 17.6. The Labute approximate surface area is 153 Å². The van der Waals surface area contributed by atoms with Crippen molar-refractivity contribution >= 4 is 48.9 Å². The summed E-state index contributed by atoms with van der Waals surface area (Å²) in [5.74, 6) is -0.307. The Hall–Kier alpha value is -1.22. The minimum atomic E-state index is -3.50. The van der Waals surface area contributed by atoms with E-state index < -0.39 is 10.0 Å². The number of carbonyl (C=O) groups excluding carboxylic acids is 1. The second-order valence-electron chi connectivity index (χ2n) is 5.58. The van der Waals surface area contributed by atoms with Crippen LogP contribution in [0.5, 0.6) is 0 Å². The molecule has 0 unspecified atom stereocenters. The lowest BCUT2D eigenvalue weighted by Gasteiger charge is -2.25. The normalized spacial score (nSPS) is 16.0. The van der Waals surface area contributed by atoms with E-state index in [4.69, 9.17) is 0 Å². The number of hydrogen-bond acceptors (Lipinski definition) is 4. The number of hydrogen-bond donors (Lipinski definition) is 1. The molecule has 1 N–H and O–H groups in total. The van der Waals surface area contributed by atoms with Gasteiger partial charge in [-0.05, 0) is 37.1 Å². The monoisotopic (exact) mass is 428 g/mol. The van der Waals surface area contributed by atoms with Crippen molar-refractivity contribution in [3.05, 3.63) is 45.1 Å². The van der Waals surface area contributed by atoms with Crippen LogP contribution in [-0.4, -0.2) is 31.7 Å². The van der Waals surface area contributed by atoms with Crippen LogP contribution in [0, 0.1) is 0 Å². The van der Waals surface area contributed by atoms with Crippen LogP contribution < -0.4 is 5.32 Å². The maximum atomic E-state index is 12.6. The third-order valence-electron chi connectivity index (χ3n) is 3.83. The van der Waals surface area contributed by atoms with Gasteiger partial charge in [-0.2, -0.15) is 4.31 Å². The van der Waals surface area contributed by atoms with Crippen molar-refractivity contribution < 1.29 is 13.2 Å². The molecule has 0 radical (unpaired) electrons. The fraction of sp³-hybridized carbons (Fsp3) is 0.312. The molecule has 1 amide bonds. The molecular formula is C16H17BrN2O3S2. The summed E-state index contributed by atoms with van der Waals surface area (Å²) in [6.45, 7) is 1.11. The molecule has 0 saturated carbocycles. The zero-order valence-corrected chi connectivity index (χ0v) is 16.1. The number of carbonyl (C=O) groups is 1. The molecule has 0 atom stereocenters. The molecule has 3 rings (SSSR count). The fourth-order valence-corrected chi connectivity index (χ4v) is 5.66. The summed E-state index contributed by atoms with van der Waals surface area (Å²) in [5.41, 5.74) is 0.656. The van der Waals surface area contributed by atoms with Crippen molar-refractivity contribution in [2.75, 3.05) is 18.4 Å². The molecule has 8 heteroatoms. The molecule has 1 aromatic carbocycles. The average Bonchev–Trinajstić information content (AvgIpc) is 3.07. The van der Waals surface area contributed by atoms with Crippen molar-refractivity contribution in [3.8, 4) is 0 Å². The van der Waals surface area contributed by atoms with Gasteiger partial charge in [0.05, 0.1) is 9.77 Å². The molecule has 2 heterocycles. The number of piperidine rings is 1. The number of nitrogens with zero attached hydrogens (tertiary/aromatic N) is 1. The zero-order valence-electron chi connectivity index (χ0n) is 12.9. The highest BCUT2D eigenvalue weighted by Gasteiger charge is 2.27. The van der Waals surface area contributed by atoms with E-state index >= 15 is 0 Å². The number of halogens is 1. The molecule has 5 nitrogen and oxygen atoms in total. The second kappa shape index (κ2) is 7.35. The molecule has 0 spiro atoms. The Morgan fingerprint density at radius 2 is 1.92 bits per heavy atom. The van der Waals surface area contributed by atoms with E-state index in [-0.39, 0.29) is 10.8 Å². The van der Waals surface area contributed by atoms with Gasteiger partial charge >= 0.3 is 0 Å². The minimum absolute atomic E-state index is 0.203. The Balaban J connectivity index is 1.76. The smallest absolute Gasteiger partial charge is 0.265 e. The summed E-state index contributed by atoms with van der Waals surface area (Å²) < 4.78 is 27.6. The van der Waals surface area contributed by atoms with Crippen molar-refractivity contribution in [2.45, 2.75) is 24.2 Å². The van der Waals surface area contributed by atoms with Gasteiger partial charge in [0.25, 0.3) is 5.91 Å². The standard InChI is InChI=1S/C16H17BrN2O3S2/c17-12-5-4-6-13(9-12)18-16(20)15-10-14(11-23-15)24(21,22)19-7-2-1-3-8-19/h4-6,9-11H,1-3,7-8H2,(H,18,20). The molecule has 1 aliphatic rings. The third-order valence-corrected chi connectivity index (χ3v) is 7.28. The van der Waals surface area contributed by atoms with E-state index in [0.29, 0.717) is 23.7 Å². The minimum Gasteiger partial charge on any atom is -0.321 e. The maximum Gasteiger partial charge on any atom is 0.265 e. The molecule has 1 aromatic heterocycles. The summed E-state index contributed by atoms with van der Waals surface area (Å²) >= 11 is 4.49. The SMILES string of the molecule is O=C(Nc1cccc(Br)c1)c1cc(S(=O)(=O)N2CCCCC2)cs1. The van der Waals surface area contributed by atoms with Crippen molar-refractivity contribution in [1.29, 1.82) is 0 Å². The van der Waals surface area contributed by atoms with E-state index in [1.54, 1.807) is 17.5 Å². The molecular weight excluding hydrogens is 412 g/mol. The Bertz CT molecular complexity index is 843. The number of benzene rings is 1. The lowest BCUT2D eigenvalue weighted by atomic mass is 10.2. The quantitative estimate of drug-likeness (QED) is 0.801. The van der Waals surface area contributed by atoms with E-state index in [9.17, 15) is 13.2 Å². The Kier molecular flexibility index (Phi) is 5.39. The first-order valence-electron chi connectivity index (χ1n) is 7.62. The summed E-state index contributed by atoms with van der Waals surface area (Å²) in [6, 6.07) is 8.71. The third kappa shape index (κ3) is 3.88. The molecule has 128 valence electrons.